The van der Waals surface area contributed by atoms with E-state index < -0.39 is 0 Å². The molecule has 0 radical (unpaired) electrons. The van der Waals surface area contributed by atoms with Crippen molar-refractivity contribution in [1.82, 2.24) is 14.7 Å². The molecule has 0 aromatic carbocycles. The van der Waals surface area contributed by atoms with Crippen molar-refractivity contribution >= 4 is 17.7 Å². The van der Waals surface area contributed by atoms with Crippen molar-refractivity contribution in [2.45, 2.75) is 19.9 Å². The molecule has 5 nitrogen and oxygen atoms in total. The third kappa shape index (κ3) is 2.93. The summed E-state index contributed by atoms with van der Waals surface area (Å²) < 4.78 is 1.37. The first-order valence-electron chi connectivity index (χ1n) is 6.17. The van der Waals surface area contributed by atoms with E-state index in [1.165, 1.54) is 16.8 Å². The maximum absolute atomic E-state index is 12.2. The van der Waals surface area contributed by atoms with Crippen LogP contribution in [0.25, 0.3) is 0 Å². The molecule has 0 aliphatic carbocycles. The van der Waals surface area contributed by atoms with E-state index in [0.717, 1.165) is 31.0 Å². The van der Waals surface area contributed by atoms with Crippen LogP contribution in [0.3, 0.4) is 0 Å². The molecule has 2 heterocycles. The van der Waals surface area contributed by atoms with Crippen LogP contribution < -0.4 is 5.56 Å². The monoisotopic (exact) mass is 267 g/mol. The van der Waals surface area contributed by atoms with Gasteiger partial charge in [0, 0.05) is 37.2 Å². The first-order valence-corrected chi connectivity index (χ1v) is 7.33. The molecule has 0 unspecified atom stereocenters. The Morgan fingerprint density at radius 2 is 2.11 bits per heavy atom. The van der Waals surface area contributed by atoms with Gasteiger partial charge in [-0.05, 0) is 12.5 Å². The van der Waals surface area contributed by atoms with Crippen LogP contribution >= 0.6 is 11.8 Å². The van der Waals surface area contributed by atoms with Gasteiger partial charge < -0.3 is 4.90 Å². The van der Waals surface area contributed by atoms with Gasteiger partial charge in [-0.2, -0.15) is 16.9 Å². The summed E-state index contributed by atoms with van der Waals surface area (Å²) in [6, 6.07) is 2.95. The Labute approximate surface area is 110 Å². The largest absolute Gasteiger partial charge is 0.336 e. The van der Waals surface area contributed by atoms with E-state index in [1.807, 2.05) is 18.7 Å². The number of hydrogen-bond donors (Lipinski definition) is 0. The predicted octanol–water partition coefficient (Wildman–Crippen LogP) is 0.842. The van der Waals surface area contributed by atoms with Gasteiger partial charge in [-0.25, -0.2) is 4.68 Å². The van der Waals surface area contributed by atoms with E-state index in [1.54, 1.807) is 4.90 Å². The Kier molecular flexibility index (Phi) is 4.41. The van der Waals surface area contributed by atoms with E-state index in [9.17, 15) is 9.59 Å². The van der Waals surface area contributed by atoms with E-state index >= 15 is 0 Å². The molecule has 1 saturated heterocycles. The van der Waals surface area contributed by atoms with Gasteiger partial charge in [-0.1, -0.05) is 6.92 Å². The molecule has 1 aliphatic rings. The zero-order valence-corrected chi connectivity index (χ0v) is 11.3. The quantitative estimate of drug-likeness (QED) is 0.814. The van der Waals surface area contributed by atoms with Crippen LogP contribution in [0.4, 0.5) is 0 Å². The van der Waals surface area contributed by atoms with E-state index in [-0.39, 0.29) is 11.5 Å². The van der Waals surface area contributed by atoms with Gasteiger partial charge in [0.1, 0.15) is 5.69 Å². The van der Waals surface area contributed by atoms with Crippen LogP contribution in [0.15, 0.2) is 16.9 Å². The van der Waals surface area contributed by atoms with Crippen molar-refractivity contribution < 1.29 is 4.79 Å². The van der Waals surface area contributed by atoms with E-state index in [0.29, 0.717) is 12.2 Å². The highest BCUT2D eigenvalue weighted by Crippen LogP contribution is 2.11. The molecular formula is C12H17N3O2S. The summed E-state index contributed by atoms with van der Waals surface area (Å²) in [6.07, 6.45) is 0.824. The summed E-state index contributed by atoms with van der Waals surface area (Å²) >= 11 is 1.86. The Balaban J connectivity index is 2.19. The van der Waals surface area contributed by atoms with Crippen molar-refractivity contribution in [2.24, 2.45) is 0 Å². The number of hydrogen-bond acceptors (Lipinski definition) is 4. The van der Waals surface area contributed by atoms with Crippen LogP contribution in [0, 0.1) is 0 Å². The fourth-order valence-corrected chi connectivity index (χ4v) is 2.77. The van der Waals surface area contributed by atoms with Gasteiger partial charge in [0.25, 0.3) is 11.5 Å². The minimum atomic E-state index is -0.150. The van der Waals surface area contributed by atoms with E-state index in [4.69, 9.17) is 0 Å². The summed E-state index contributed by atoms with van der Waals surface area (Å²) in [7, 11) is 0. The molecule has 0 N–H and O–H groups in total. The maximum Gasteiger partial charge on any atom is 0.274 e. The van der Waals surface area contributed by atoms with Gasteiger partial charge >= 0.3 is 0 Å². The van der Waals surface area contributed by atoms with Crippen molar-refractivity contribution in [3.05, 3.63) is 28.2 Å². The third-order valence-corrected chi connectivity index (χ3v) is 3.76. The fourth-order valence-electron chi connectivity index (χ4n) is 1.86. The Bertz CT molecular complexity index is 480. The molecular weight excluding hydrogens is 250 g/mol. The average Bonchev–Trinajstić information content (AvgIpc) is 2.42. The lowest BCUT2D eigenvalue weighted by molar-refractivity contribution is 0.0763. The number of nitrogens with zero attached hydrogens (tertiary/aromatic N) is 3. The molecule has 1 aliphatic heterocycles. The van der Waals surface area contributed by atoms with Crippen LogP contribution in [-0.2, 0) is 6.54 Å². The summed E-state index contributed by atoms with van der Waals surface area (Å²) in [5.74, 6) is 1.88. The molecule has 98 valence electrons. The SMILES string of the molecule is CCCn1nc(C(=O)N2CCSCC2)ccc1=O. The number of aromatic nitrogens is 2. The smallest absolute Gasteiger partial charge is 0.274 e. The van der Waals surface area contributed by atoms with Crippen molar-refractivity contribution in [2.75, 3.05) is 24.6 Å². The molecule has 1 aromatic rings. The number of aryl methyl sites for hydroxylation is 1. The van der Waals surface area contributed by atoms with Gasteiger partial charge in [0.2, 0.25) is 0 Å². The standard InChI is InChI=1S/C12H17N3O2S/c1-2-5-15-11(16)4-3-10(13-15)12(17)14-6-8-18-9-7-14/h3-4H,2,5-9H2,1H3. The lowest BCUT2D eigenvalue weighted by atomic mass is 10.3. The summed E-state index contributed by atoms with van der Waals surface area (Å²) in [6.45, 7) is 4.05. The van der Waals surface area contributed by atoms with Crippen molar-refractivity contribution in [3.63, 3.8) is 0 Å². The third-order valence-electron chi connectivity index (χ3n) is 2.82. The number of carbonyl (C=O) groups is 1. The highest BCUT2D eigenvalue weighted by atomic mass is 32.2. The lowest BCUT2D eigenvalue weighted by Gasteiger charge is -2.26. The van der Waals surface area contributed by atoms with Crippen LogP contribution in [0.5, 0.6) is 0 Å². The molecule has 18 heavy (non-hydrogen) atoms. The molecule has 0 atom stereocenters. The summed E-state index contributed by atoms with van der Waals surface area (Å²) in [5.41, 5.74) is 0.220. The number of carbonyl (C=O) groups excluding carboxylic acids is 1. The zero-order valence-electron chi connectivity index (χ0n) is 10.5. The lowest BCUT2D eigenvalue weighted by Crippen LogP contribution is -2.39. The first kappa shape index (κ1) is 13.1. The van der Waals surface area contributed by atoms with Gasteiger partial charge in [0.05, 0.1) is 0 Å². The number of thioether (sulfide) groups is 1. The van der Waals surface area contributed by atoms with Gasteiger partial charge in [-0.15, -0.1) is 0 Å². The minimum absolute atomic E-state index is 0.0693. The fraction of sp³-hybridized carbons (Fsp3) is 0.583. The second-order valence-corrected chi connectivity index (χ2v) is 5.41. The summed E-state index contributed by atoms with van der Waals surface area (Å²) in [5, 5.41) is 4.14. The predicted molar refractivity (Wildman–Crippen MR) is 72.0 cm³/mol. The number of amides is 1. The Hall–Kier alpha value is -1.30. The van der Waals surface area contributed by atoms with Crippen LogP contribution in [0.2, 0.25) is 0 Å². The average molecular weight is 267 g/mol. The molecule has 0 saturated carbocycles. The second kappa shape index (κ2) is 6.04. The second-order valence-electron chi connectivity index (χ2n) is 4.18. The molecule has 2 rings (SSSR count). The number of rotatable bonds is 3. The minimum Gasteiger partial charge on any atom is -0.336 e. The first-order chi connectivity index (χ1) is 8.72. The zero-order chi connectivity index (χ0) is 13.0. The molecule has 0 spiro atoms. The van der Waals surface area contributed by atoms with Crippen LogP contribution in [-0.4, -0.2) is 45.2 Å². The highest BCUT2D eigenvalue weighted by molar-refractivity contribution is 7.99. The molecule has 1 amide bonds. The Morgan fingerprint density at radius 3 is 2.78 bits per heavy atom. The highest BCUT2D eigenvalue weighted by Gasteiger charge is 2.20. The topological polar surface area (TPSA) is 55.2 Å². The molecule has 1 aromatic heterocycles. The van der Waals surface area contributed by atoms with Crippen molar-refractivity contribution in [3.8, 4) is 0 Å². The van der Waals surface area contributed by atoms with Crippen LogP contribution in [0.1, 0.15) is 23.8 Å². The Morgan fingerprint density at radius 1 is 1.39 bits per heavy atom. The maximum atomic E-state index is 12.2. The summed E-state index contributed by atoms with van der Waals surface area (Å²) in [4.78, 5) is 25.5. The molecule has 6 heteroatoms. The molecule has 1 fully saturated rings. The van der Waals surface area contributed by atoms with Gasteiger partial charge in [-0.3, -0.25) is 9.59 Å². The van der Waals surface area contributed by atoms with Gasteiger partial charge in [0.15, 0.2) is 0 Å². The van der Waals surface area contributed by atoms with Crippen molar-refractivity contribution in [1.29, 1.82) is 0 Å². The normalized spacial score (nSPS) is 15.7. The van der Waals surface area contributed by atoms with E-state index in [2.05, 4.69) is 5.10 Å². The molecule has 0 bridgehead atoms.